The lowest BCUT2D eigenvalue weighted by Crippen LogP contribution is -2.47. The van der Waals surface area contributed by atoms with E-state index in [4.69, 9.17) is 4.74 Å². The van der Waals surface area contributed by atoms with E-state index >= 15 is 0 Å². The molecular weight excluding hydrogens is 486 g/mol. The lowest BCUT2D eigenvalue weighted by molar-refractivity contribution is -0.134. The minimum absolute atomic E-state index is 0.00722. The molecule has 0 unspecified atom stereocenters. The van der Waals surface area contributed by atoms with E-state index in [-0.39, 0.29) is 49.5 Å². The number of benzene rings is 2. The molecule has 3 aromatic rings. The predicted molar refractivity (Wildman–Crippen MR) is 141 cm³/mol. The van der Waals surface area contributed by atoms with Crippen LogP contribution in [0.1, 0.15) is 25.0 Å². The molecule has 1 aliphatic rings. The quantitative estimate of drug-likeness (QED) is 0.435. The van der Waals surface area contributed by atoms with Crippen LogP contribution in [0.5, 0.6) is 5.75 Å². The smallest absolute Gasteiger partial charge is 0.246 e. The monoisotopic (exact) mass is 521 g/mol. The maximum atomic E-state index is 13.4. The lowest BCUT2D eigenvalue weighted by Gasteiger charge is -2.34. The van der Waals surface area contributed by atoms with E-state index < -0.39 is 0 Å². The molecule has 0 aliphatic carbocycles. The van der Waals surface area contributed by atoms with Gasteiger partial charge < -0.3 is 20.1 Å². The zero-order chi connectivity index (χ0) is 27.1. The molecule has 1 aromatic heterocycles. The molecule has 3 atom stereocenters. The Morgan fingerprint density at radius 3 is 2.76 bits per heavy atom. The van der Waals surface area contributed by atoms with Crippen LogP contribution in [0.15, 0.2) is 54.9 Å². The number of nitrogens with zero attached hydrogens (tertiary/aromatic N) is 6. The van der Waals surface area contributed by atoms with Gasteiger partial charge in [-0.1, -0.05) is 37.3 Å². The van der Waals surface area contributed by atoms with Crippen molar-refractivity contribution in [1.29, 1.82) is 0 Å². The molecule has 2 heterocycles. The van der Waals surface area contributed by atoms with E-state index in [1.54, 1.807) is 23.1 Å². The minimum atomic E-state index is -0.326. The molecule has 2 aromatic carbocycles. The van der Waals surface area contributed by atoms with Gasteiger partial charge in [0.2, 0.25) is 11.8 Å². The Kier molecular flexibility index (Phi) is 9.03. The van der Waals surface area contributed by atoms with Gasteiger partial charge in [-0.05, 0) is 48.2 Å². The zero-order valence-corrected chi connectivity index (χ0v) is 22.0. The van der Waals surface area contributed by atoms with Crippen molar-refractivity contribution in [1.82, 2.24) is 30.0 Å². The zero-order valence-electron chi connectivity index (χ0n) is 22.0. The number of rotatable bonds is 9. The summed E-state index contributed by atoms with van der Waals surface area (Å²) < 4.78 is 7.89. The third-order valence-electron chi connectivity index (χ3n) is 6.68. The van der Waals surface area contributed by atoms with Gasteiger partial charge in [-0.2, -0.15) is 0 Å². The van der Waals surface area contributed by atoms with Gasteiger partial charge >= 0.3 is 0 Å². The van der Waals surface area contributed by atoms with Crippen LogP contribution in [0.25, 0.3) is 0 Å². The maximum Gasteiger partial charge on any atom is 0.246 e. The summed E-state index contributed by atoms with van der Waals surface area (Å²) in [6.45, 7) is 5.64. The molecule has 0 radical (unpaired) electrons. The van der Waals surface area contributed by atoms with Crippen molar-refractivity contribution in [2.75, 3.05) is 32.1 Å². The molecule has 0 spiro atoms. The number of aliphatic hydroxyl groups excluding tert-OH is 1. The Morgan fingerprint density at radius 1 is 1.26 bits per heavy atom. The molecule has 202 valence electrons. The number of hydrogen-bond acceptors (Lipinski definition) is 8. The molecule has 1 aliphatic heterocycles. The van der Waals surface area contributed by atoms with Gasteiger partial charge in [0.1, 0.15) is 24.7 Å². The molecule has 0 saturated heterocycles. The number of aliphatic hydroxyl groups is 1. The van der Waals surface area contributed by atoms with Gasteiger partial charge in [-0.15, -0.1) is 5.10 Å². The third kappa shape index (κ3) is 7.14. The van der Waals surface area contributed by atoms with Gasteiger partial charge in [-0.3, -0.25) is 14.5 Å². The van der Waals surface area contributed by atoms with Crippen LogP contribution in [-0.4, -0.2) is 85.8 Å². The first-order chi connectivity index (χ1) is 18.3. The van der Waals surface area contributed by atoms with E-state index in [0.29, 0.717) is 30.1 Å². The van der Waals surface area contributed by atoms with Gasteiger partial charge in [0.15, 0.2) is 0 Å². The Labute approximate surface area is 222 Å². The van der Waals surface area contributed by atoms with Gasteiger partial charge in [-0.25, -0.2) is 4.68 Å². The second-order valence-corrected chi connectivity index (χ2v) is 9.95. The fourth-order valence-electron chi connectivity index (χ4n) is 4.59. The second-order valence-electron chi connectivity index (χ2n) is 9.95. The molecule has 2 N–H and O–H groups in total. The number of carbonyl (C=O) groups excluding carboxylic acids is 2. The van der Waals surface area contributed by atoms with E-state index in [1.807, 2.05) is 25.1 Å². The van der Waals surface area contributed by atoms with Gasteiger partial charge in [0, 0.05) is 36.8 Å². The lowest BCUT2D eigenvalue weighted by atomic mass is 10.0. The average Bonchev–Trinajstić information content (AvgIpc) is 3.41. The highest BCUT2D eigenvalue weighted by molar-refractivity contribution is 5.91. The van der Waals surface area contributed by atoms with Crippen molar-refractivity contribution in [2.24, 2.45) is 5.92 Å². The highest BCUT2D eigenvalue weighted by atomic mass is 16.5. The first kappa shape index (κ1) is 27.2. The number of hydrogen-bond donors (Lipinski definition) is 2. The van der Waals surface area contributed by atoms with Crippen LogP contribution in [0.4, 0.5) is 5.69 Å². The van der Waals surface area contributed by atoms with Crippen molar-refractivity contribution in [3.8, 4) is 5.75 Å². The Balaban J connectivity index is 1.57. The van der Waals surface area contributed by atoms with Gasteiger partial charge in [0.05, 0.1) is 19.1 Å². The molecule has 0 bridgehead atoms. The number of amides is 2. The molecule has 0 saturated carbocycles. The fraction of sp³-hybridized carbons (Fsp3) is 0.444. The van der Waals surface area contributed by atoms with E-state index in [0.717, 1.165) is 6.54 Å². The van der Waals surface area contributed by atoms with Crippen LogP contribution in [0.2, 0.25) is 0 Å². The van der Waals surface area contributed by atoms with Crippen LogP contribution < -0.4 is 10.1 Å². The summed E-state index contributed by atoms with van der Waals surface area (Å²) >= 11 is 0. The number of carbonyl (C=O) groups is 2. The van der Waals surface area contributed by atoms with Crippen molar-refractivity contribution >= 4 is 17.5 Å². The largest absolute Gasteiger partial charge is 0.488 e. The highest BCUT2D eigenvalue weighted by Gasteiger charge is 2.31. The summed E-state index contributed by atoms with van der Waals surface area (Å²) in [5, 5.41) is 23.5. The number of aromatic nitrogens is 4. The standard InChI is InChI=1S/C27H35N7O4/c1-19-13-34(20(2)17-35)27(37)12-22-11-23(29-26(36)16-33-18-28-30-31-33)9-10-24(22)38-25(19)15-32(3)14-21-7-5-4-6-8-21/h4-11,18-20,25,35H,12-17H2,1-3H3,(H,29,36)/t19-,20+,25+/m0/s1. The van der Waals surface area contributed by atoms with E-state index in [2.05, 4.69) is 51.8 Å². The molecule has 38 heavy (non-hydrogen) atoms. The number of fused-ring (bicyclic) bond motifs is 1. The number of tetrazole rings is 1. The van der Waals surface area contributed by atoms with Crippen LogP contribution in [0.3, 0.4) is 0 Å². The highest BCUT2D eigenvalue weighted by Crippen LogP contribution is 2.29. The van der Waals surface area contributed by atoms with E-state index in [1.165, 1.54) is 16.6 Å². The molecule has 2 amide bonds. The van der Waals surface area contributed by atoms with Gasteiger partial charge in [0.25, 0.3) is 0 Å². The Morgan fingerprint density at radius 2 is 2.05 bits per heavy atom. The summed E-state index contributed by atoms with van der Waals surface area (Å²) in [6, 6.07) is 15.3. The SMILES string of the molecule is C[C@H](CO)N1C[C@H](C)[C@@H](CN(C)Cc2ccccc2)Oc2ccc(NC(=O)Cn3cnnn3)cc2CC1=O. The number of nitrogens with one attached hydrogen (secondary N) is 1. The summed E-state index contributed by atoms with van der Waals surface area (Å²) in [6.07, 6.45) is 1.25. The topological polar surface area (TPSA) is 126 Å². The van der Waals surface area contributed by atoms with E-state index in [9.17, 15) is 14.7 Å². The number of likely N-dealkylation sites (N-methyl/N-ethyl adjacent to an activating group) is 1. The van der Waals surface area contributed by atoms with Crippen LogP contribution in [-0.2, 0) is 29.1 Å². The third-order valence-corrected chi connectivity index (χ3v) is 6.68. The molecule has 11 heteroatoms. The maximum absolute atomic E-state index is 13.4. The summed E-state index contributed by atoms with van der Waals surface area (Å²) in [5.41, 5.74) is 2.43. The summed E-state index contributed by atoms with van der Waals surface area (Å²) in [4.78, 5) is 29.8. The Bertz CT molecular complexity index is 1210. The minimum Gasteiger partial charge on any atom is -0.488 e. The first-order valence-corrected chi connectivity index (χ1v) is 12.8. The molecular formula is C27H35N7O4. The number of anilines is 1. The fourth-order valence-corrected chi connectivity index (χ4v) is 4.59. The second kappa shape index (κ2) is 12.6. The first-order valence-electron chi connectivity index (χ1n) is 12.8. The van der Waals surface area contributed by atoms with Crippen LogP contribution >= 0.6 is 0 Å². The average molecular weight is 522 g/mol. The summed E-state index contributed by atoms with van der Waals surface area (Å²) in [7, 11) is 2.05. The predicted octanol–water partition coefficient (Wildman–Crippen LogP) is 1.59. The van der Waals surface area contributed by atoms with Crippen LogP contribution in [0, 0.1) is 5.92 Å². The van der Waals surface area contributed by atoms with Crippen molar-refractivity contribution in [2.45, 2.75) is 45.5 Å². The Hall–Kier alpha value is -3.83. The normalized spacial score (nSPS) is 18.7. The molecule has 0 fully saturated rings. The van der Waals surface area contributed by atoms with Crippen molar-refractivity contribution in [3.63, 3.8) is 0 Å². The van der Waals surface area contributed by atoms with Crippen molar-refractivity contribution < 1.29 is 19.4 Å². The molecule has 4 rings (SSSR count). The van der Waals surface area contributed by atoms with Crippen molar-refractivity contribution in [3.05, 3.63) is 66.0 Å². The summed E-state index contributed by atoms with van der Waals surface area (Å²) in [5.74, 6) is 0.226. The number of ether oxygens (including phenoxy) is 1. The molecule has 11 nitrogen and oxygen atoms in total.